The van der Waals surface area contributed by atoms with Crippen LogP contribution in [0, 0.1) is 0 Å². The van der Waals surface area contributed by atoms with Gasteiger partial charge in [-0.15, -0.1) is 11.8 Å². The van der Waals surface area contributed by atoms with Crippen molar-refractivity contribution in [3.8, 4) is 5.75 Å². The lowest BCUT2D eigenvalue weighted by Crippen LogP contribution is -2.34. The van der Waals surface area contributed by atoms with Gasteiger partial charge in [-0.3, -0.25) is 4.79 Å². The number of para-hydroxylation sites is 1. The van der Waals surface area contributed by atoms with Crippen molar-refractivity contribution in [1.82, 2.24) is 0 Å². The average Bonchev–Trinajstić information content (AvgIpc) is 3.37. The van der Waals surface area contributed by atoms with Crippen molar-refractivity contribution in [2.75, 3.05) is 21.8 Å². The van der Waals surface area contributed by atoms with Gasteiger partial charge in [-0.2, -0.15) is 0 Å². The number of nitrogens with one attached hydrogen (secondary N) is 1. The van der Waals surface area contributed by atoms with Gasteiger partial charge in [0.1, 0.15) is 12.4 Å². The molecule has 1 aliphatic heterocycles. The minimum atomic E-state index is -1.02. The highest BCUT2D eigenvalue weighted by molar-refractivity contribution is 8.00. The maximum Gasteiger partial charge on any atom is 0.335 e. The molecule has 2 N–H and O–H groups in total. The normalized spacial score (nSPS) is 14.0. The van der Waals surface area contributed by atoms with Crippen molar-refractivity contribution in [2.45, 2.75) is 25.5 Å². The van der Waals surface area contributed by atoms with Gasteiger partial charge in [-0.05, 0) is 65.3 Å². The number of aromatic carboxylic acids is 1. The first-order valence-electron chi connectivity index (χ1n) is 14.3. The van der Waals surface area contributed by atoms with E-state index in [1.165, 1.54) is 28.9 Å². The van der Waals surface area contributed by atoms with E-state index in [4.69, 9.17) is 4.74 Å². The van der Waals surface area contributed by atoms with Crippen molar-refractivity contribution in [3.05, 3.63) is 138 Å². The number of hydrogen-bond acceptors (Lipinski definition) is 5. The lowest BCUT2D eigenvalue weighted by molar-refractivity contribution is -0.113. The van der Waals surface area contributed by atoms with Gasteiger partial charge in [0.2, 0.25) is 5.91 Å². The molecule has 0 bridgehead atoms. The predicted octanol–water partition coefficient (Wildman–Crippen LogP) is 7.42. The van der Waals surface area contributed by atoms with Crippen molar-refractivity contribution in [3.63, 3.8) is 0 Å². The summed E-state index contributed by atoms with van der Waals surface area (Å²) in [6, 6.07) is 38.1. The molecule has 0 saturated carbocycles. The van der Waals surface area contributed by atoms with E-state index >= 15 is 0 Å². The fraction of sp³-hybridized carbons (Fsp3) is 0.167. The largest absolute Gasteiger partial charge is 0.488 e. The number of nitrogens with zero attached hydrogens (tertiary/aromatic N) is 1. The summed E-state index contributed by atoms with van der Waals surface area (Å²) >= 11 is 1.56. The Morgan fingerprint density at radius 2 is 1.67 bits per heavy atom. The van der Waals surface area contributed by atoms with Crippen LogP contribution in [-0.2, 0) is 24.2 Å². The molecule has 0 aromatic heterocycles. The first kappa shape index (κ1) is 28.4. The number of carbonyl (C=O) groups is 2. The highest BCUT2D eigenvalue weighted by Crippen LogP contribution is 2.35. The van der Waals surface area contributed by atoms with Crippen LogP contribution in [0.1, 0.15) is 27.0 Å². The Morgan fingerprint density at radius 1 is 0.860 bits per heavy atom. The van der Waals surface area contributed by atoms with Crippen molar-refractivity contribution in [2.24, 2.45) is 0 Å². The molecule has 0 radical (unpaired) electrons. The lowest BCUT2D eigenvalue weighted by atomic mass is 9.99. The summed E-state index contributed by atoms with van der Waals surface area (Å²) in [4.78, 5) is 26.3. The highest BCUT2D eigenvalue weighted by Gasteiger charge is 2.29. The van der Waals surface area contributed by atoms with E-state index in [1.54, 1.807) is 23.9 Å². The number of thioether (sulfide) groups is 1. The van der Waals surface area contributed by atoms with Crippen molar-refractivity contribution < 1.29 is 19.4 Å². The highest BCUT2D eigenvalue weighted by atomic mass is 32.2. The monoisotopic (exact) mass is 588 g/mol. The van der Waals surface area contributed by atoms with Gasteiger partial charge in [0.05, 0.1) is 17.2 Å². The van der Waals surface area contributed by atoms with Gasteiger partial charge < -0.3 is 20.1 Å². The summed E-state index contributed by atoms with van der Waals surface area (Å²) in [5.74, 6) is 0.649. The first-order chi connectivity index (χ1) is 21.0. The molecule has 5 aromatic carbocycles. The van der Waals surface area contributed by atoms with Gasteiger partial charge in [0.15, 0.2) is 0 Å². The second kappa shape index (κ2) is 13.0. The minimum absolute atomic E-state index is 0.145. The summed E-state index contributed by atoms with van der Waals surface area (Å²) in [7, 11) is 0. The molecule has 1 heterocycles. The molecule has 6 nitrogen and oxygen atoms in total. The van der Waals surface area contributed by atoms with Gasteiger partial charge >= 0.3 is 5.97 Å². The van der Waals surface area contributed by atoms with E-state index in [1.807, 2.05) is 30.3 Å². The quantitative estimate of drug-likeness (QED) is 0.167. The Labute approximate surface area is 255 Å². The van der Waals surface area contributed by atoms with Crippen LogP contribution < -0.4 is 15.0 Å². The molecule has 7 heteroatoms. The number of hydrogen-bond donors (Lipinski definition) is 2. The maximum absolute atomic E-state index is 12.7. The maximum atomic E-state index is 12.7. The summed E-state index contributed by atoms with van der Waals surface area (Å²) in [5, 5.41) is 14.3. The molecule has 0 spiro atoms. The summed E-state index contributed by atoms with van der Waals surface area (Å²) in [5.41, 5.74) is 5.56. The Morgan fingerprint density at radius 3 is 2.53 bits per heavy atom. The van der Waals surface area contributed by atoms with Crippen LogP contribution in [0.4, 0.5) is 11.4 Å². The number of anilines is 2. The number of benzene rings is 5. The van der Waals surface area contributed by atoms with E-state index < -0.39 is 5.97 Å². The molecule has 43 heavy (non-hydrogen) atoms. The number of carboxylic acid groups (broad SMARTS) is 1. The number of carbonyl (C=O) groups excluding carboxylic acids is 1. The van der Waals surface area contributed by atoms with Gasteiger partial charge in [-0.25, -0.2) is 4.79 Å². The molecule has 0 fully saturated rings. The second-order valence-electron chi connectivity index (χ2n) is 10.7. The zero-order chi connectivity index (χ0) is 29.6. The third-order valence-electron chi connectivity index (χ3n) is 7.67. The summed E-state index contributed by atoms with van der Waals surface area (Å²) in [6.45, 7) is 0.529. The van der Waals surface area contributed by atoms with Crippen molar-refractivity contribution >= 4 is 45.8 Å². The predicted molar refractivity (Wildman–Crippen MR) is 174 cm³/mol. The Bertz CT molecular complexity index is 1760. The van der Waals surface area contributed by atoms with Crippen LogP contribution in [0.25, 0.3) is 10.8 Å². The Balaban J connectivity index is 1.11. The van der Waals surface area contributed by atoms with Gasteiger partial charge in [0, 0.05) is 22.8 Å². The topological polar surface area (TPSA) is 78.9 Å². The number of ether oxygens (including phenoxy) is 1. The van der Waals surface area contributed by atoms with E-state index in [9.17, 15) is 14.7 Å². The van der Waals surface area contributed by atoms with Gasteiger partial charge in [0.25, 0.3) is 0 Å². The standard InChI is InChI=1S/C36H32N2O4S/c39-35(37-30-13-6-12-29(20-30)36(40)41)23-43-24-38-31(21-28-10-4-5-14-33(28)38)19-26-16-17-32-27(18-26)11-7-15-34(32)42-22-25-8-2-1-3-9-25/h1-18,20,31H,19,21-24H2,(H,37,39)(H,40,41). The smallest absolute Gasteiger partial charge is 0.335 e. The number of amides is 1. The molecule has 1 unspecified atom stereocenters. The van der Waals surface area contributed by atoms with E-state index in [2.05, 4.69) is 70.9 Å². The van der Waals surface area contributed by atoms with Crippen LogP contribution in [0.2, 0.25) is 0 Å². The van der Waals surface area contributed by atoms with E-state index in [-0.39, 0.29) is 23.3 Å². The number of rotatable bonds is 11. The number of carboxylic acids is 1. The molecule has 0 saturated heterocycles. The minimum Gasteiger partial charge on any atom is -0.488 e. The lowest BCUT2D eigenvalue weighted by Gasteiger charge is -2.27. The van der Waals surface area contributed by atoms with Gasteiger partial charge in [-0.1, -0.05) is 84.9 Å². The molecule has 5 aromatic rings. The fourth-order valence-electron chi connectivity index (χ4n) is 5.61. The molecule has 1 amide bonds. The van der Waals surface area contributed by atoms with Crippen LogP contribution in [0.15, 0.2) is 115 Å². The molecule has 1 atom stereocenters. The van der Waals surface area contributed by atoms with Crippen molar-refractivity contribution in [1.29, 1.82) is 0 Å². The van der Waals surface area contributed by atoms with Crippen LogP contribution in [0.5, 0.6) is 5.75 Å². The molecule has 1 aliphatic rings. The molecule has 216 valence electrons. The number of fused-ring (bicyclic) bond motifs is 2. The zero-order valence-corrected chi connectivity index (χ0v) is 24.4. The molecule has 6 rings (SSSR count). The van der Waals surface area contributed by atoms with Crippen LogP contribution in [-0.4, -0.2) is 34.7 Å². The van der Waals surface area contributed by atoms with Crippen LogP contribution in [0.3, 0.4) is 0 Å². The Kier molecular flexibility index (Phi) is 8.61. The Hall–Kier alpha value is -4.75. The van der Waals surface area contributed by atoms with E-state index in [0.29, 0.717) is 18.2 Å². The summed E-state index contributed by atoms with van der Waals surface area (Å²) in [6.07, 6.45) is 1.83. The van der Waals surface area contributed by atoms with E-state index in [0.717, 1.165) is 34.9 Å². The first-order valence-corrected chi connectivity index (χ1v) is 15.4. The third-order valence-corrected chi connectivity index (χ3v) is 8.59. The van der Waals surface area contributed by atoms with Crippen LogP contribution >= 0.6 is 11.8 Å². The third kappa shape index (κ3) is 6.84. The zero-order valence-electron chi connectivity index (χ0n) is 23.6. The SMILES string of the molecule is O=C(CSCN1c2ccccc2CC1Cc1ccc2c(OCc3ccccc3)cccc2c1)Nc1cccc(C(=O)O)c1. The average molecular weight is 589 g/mol. The summed E-state index contributed by atoms with van der Waals surface area (Å²) < 4.78 is 6.19. The molecule has 0 aliphatic carbocycles. The fourth-order valence-corrected chi connectivity index (χ4v) is 6.50. The molecular formula is C36H32N2O4S. The molecular weight excluding hydrogens is 556 g/mol. The second-order valence-corrected chi connectivity index (χ2v) is 11.6.